The number of sulfonamides is 1. The second-order valence-electron chi connectivity index (χ2n) is 6.16. The first-order valence-corrected chi connectivity index (χ1v) is 8.96. The van der Waals surface area contributed by atoms with Crippen LogP contribution in [0.5, 0.6) is 0 Å². The average molecular weight is 380 g/mol. The number of alkyl halides is 3. The summed E-state index contributed by atoms with van der Waals surface area (Å²) in [4.78, 5) is 12.1. The Morgan fingerprint density at radius 2 is 1.76 bits per heavy atom. The molecular formula is C15H19F3N2O4S. The minimum atomic E-state index is -4.88. The number of carbonyl (C=O) groups excluding carboxylic acids is 1. The van der Waals surface area contributed by atoms with Crippen LogP contribution in [0.3, 0.4) is 0 Å². The predicted molar refractivity (Wildman–Crippen MR) is 83.1 cm³/mol. The van der Waals surface area contributed by atoms with Crippen molar-refractivity contribution in [2.45, 2.75) is 36.6 Å². The molecule has 140 valence electrons. The number of halogens is 3. The molecular weight excluding hydrogens is 361 g/mol. The van der Waals surface area contributed by atoms with Crippen LogP contribution in [-0.2, 0) is 20.4 Å². The van der Waals surface area contributed by atoms with E-state index in [1.54, 1.807) is 6.92 Å². The molecule has 0 spiro atoms. The molecule has 0 aliphatic carbocycles. The molecule has 0 aromatic heterocycles. The van der Waals surface area contributed by atoms with E-state index in [0.717, 1.165) is 24.3 Å². The van der Waals surface area contributed by atoms with Crippen LogP contribution in [0.1, 0.15) is 19.4 Å². The number of nitrogens with zero attached hydrogens (tertiary/aromatic N) is 2. The number of piperazine rings is 1. The maximum Gasteiger partial charge on any atom is 0.421 e. The predicted octanol–water partition coefficient (Wildman–Crippen LogP) is 1.31. The molecule has 1 aromatic rings. The molecule has 1 N–H and O–H groups in total. The molecule has 1 unspecified atom stereocenters. The highest BCUT2D eigenvalue weighted by atomic mass is 32.2. The van der Waals surface area contributed by atoms with Crippen molar-refractivity contribution in [3.05, 3.63) is 29.8 Å². The van der Waals surface area contributed by atoms with Gasteiger partial charge in [0.25, 0.3) is 0 Å². The van der Waals surface area contributed by atoms with Gasteiger partial charge in [-0.2, -0.15) is 17.5 Å². The normalized spacial score (nSPS) is 22.5. The summed E-state index contributed by atoms with van der Waals surface area (Å²) in [5.41, 5.74) is -3.52. The quantitative estimate of drug-likeness (QED) is 0.799. The van der Waals surface area contributed by atoms with E-state index in [2.05, 4.69) is 0 Å². The first kappa shape index (κ1) is 19.7. The highest BCUT2D eigenvalue weighted by Gasteiger charge is 2.51. The van der Waals surface area contributed by atoms with Crippen molar-refractivity contribution in [2.24, 2.45) is 0 Å². The lowest BCUT2D eigenvalue weighted by molar-refractivity contribution is -0.258. The Labute approximate surface area is 143 Å². The summed E-state index contributed by atoms with van der Waals surface area (Å²) in [6.07, 6.45) is -4.23. The zero-order valence-corrected chi connectivity index (χ0v) is 14.5. The second kappa shape index (κ2) is 6.58. The summed E-state index contributed by atoms with van der Waals surface area (Å²) in [7, 11) is -3.91. The first-order valence-electron chi connectivity index (χ1n) is 7.52. The van der Waals surface area contributed by atoms with Crippen LogP contribution < -0.4 is 0 Å². The van der Waals surface area contributed by atoms with Gasteiger partial charge in [0, 0.05) is 25.7 Å². The van der Waals surface area contributed by atoms with Gasteiger partial charge in [0.05, 0.1) is 4.90 Å². The van der Waals surface area contributed by atoms with Crippen LogP contribution in [0.25, 0.3) is 0 Å². The van der Waals surface area contributed by atoms with Gasteiger partial charge in [0.1, 0.15) is 0 Å². The Morgan fingerprint density at radius 3 is 2.20 bits per heavy atom. The molecule has 1 heterocycles. The number of rotatable bonds is 4. The summed E-state index contributed by atoms with van der Waals surface area (Å²) in [5.74, 6) is 0. The lowest BCUT2D eigenvalue weighted by Crippen LogP contribution is -2.53. The summed E-state index contributed by atoms with van der Waals surface area (Å²) >= 11 is 0. The van der Waals surface area contributed by atoms with Gasteiger partial charge in [-0.1, -0.05) is 12.1 Å². The van der Waals surface area contributed by atoms with Gasteiger partial charge >= 0.3 is 6.18 Å². The van der Waals surface area contributed by atoms with Gasteiger partial charge in [-0.25, -0.2) is 8.42 Å². The fourth-order valence-electron chi connectivity index (χ4n) is 2.67. The highest BCUT2D eigenvalue weighted by Crippen LogP contribution is 2.38. The number of aliphatic hydroxyl groups is 1. The van der Waals surface area contributed by atoms with Crippen LogP contribution in [-0.4, -0.2) is 61.0 Å². The Hall–Kier alpha value is -1.65. The Morgan fingerprint density at radius 1 is 1.20 bits per heavy atom. The summed E-state index contributed by atoms with van der Waals surface area (Å²) in [6, 6.07) is 3.54. The molecule has 10 heteroatoms. The fraction of sp³-hybridized carbons (Fsp3) is 0.533. The maximum absolute atomic E-state index is 12.9. The smallest absolute Gasteiger partial charge is 0.376 e. The van der Waals surface area contributed by atoms with Crippen LogP contribution in [0.2, 0.25) is 0 Å². The molecule has 2 atom stereocenters. The molecule has 1 aliphatic heterocycles. The Bertz CT molecular complexity index is 732. The van der Waals surface area contributed by atoms with E-state index in [4.69, 9.17) is 0 Å². The third-order valence-electron chi connectivity index (χ3n) is 4.32. The standard InChI is InChI=1S/C15H19F3N2O4S/c1-11-9-19(10-21)7-8-20(11)25(23,24)13-5-3-12(4-6-13)14(2,22)15(16,17)18/h3-6,10-11,22H,7-9H2,1-2H3/t11-,14?/m1/s1. The summed E-state index contributed by atoms with van der Waals surface area (Å²) < 4.78 is 65.2. The van der Waals surface area contributed by atoms with Gasteiger partial charge in [-0.05, 0) is 31.5 Å². The van der Waals surface area contributed by atoms with Crippen molar-refractivity contribution < 1.29 is 31.5 Å². The number of hydrogen-bond donors (Lipinski definition) is 1. The Kier molecular flexibility index (Phi) is 5.18. The van der Waals surface area contributed by atoms with Crippen molar-refractivity contribution >= 4 is 16.4 Å². The zero-order chi connectivity index (χ0) is 19.0. The molecule has 1 fully saturated rings. The van der Waals surface area contributed by atoms with E-state index in [-0.39, 0.29) is 24.5 Å². The largest absolute Gasteiger partial charge is 0.421 e. The fourth-order valence-corrected chi connectivity index (χ4v) is 4.29. The number of amides is 1. The molecule has 0 radical (unpaired) electrons. The van der Waals surface area contributed by atoms with Crippen molar-refractivity contribution in [3.8, 4) is 0 Å². The van der Waals surface area contributed by atoms with E-state index in [1.165, 1.54) is 9.21 Å². The van der Waals surface area contributed by atoms with Gasteiger partial charge in [-0.3, -0.25) is 4.79 Å². The third-order valence-corrected chi connectivity index (χ3v) is 6.35. The number of carbonyl (C=O) groups is 1. The minimum Gasteiger partial charge on any atom is -0.376 e. The molecule has 1 amide bonds. The lowest BCUT2D eigenvalue weighted by atomic mass is 9.96. The van der Waals surface area contributed by atoms with Gasteiger partial charge in [-0.15, -0.1) is 0 Å². The van der Waals surface area contributed by atoms with Crippen LogP contribution in [0, 0.1) is 0 Å². The molecule has 1 aromatic carbocycles. The van der Waals surface area contributed by atoms with Crippen LogP contribution >= 0.6 is 0 Å². The first-order chi connectivity index (χ1) is 11.4. The van der Waals surface area contributed by atoms with E-state index in [0.29, 0.717) is 13.3 Å². The molecule has 1 saturated heterocycles. The topological polar surface area (TPSA) is 77.9 Å². The lowest BCUT2D eigenvalue weighted by Gasteiger charge is -2.37. The monoisotopic (exact) mass is 380 g/mol. The Balaban J connectivity index is 2.28. The molecule has 2 rings (SSSR count). The van der Waals surface area contributed by atoms with E-state index >= 15 is 0 Å². The zero-order valence-electron chi connectivity index (χ0n) is 13.7. The van der Waals surface area contributed by atoms with Gasteiger partial charge < -0.3 is 10.0 Å². The number of benzene rings is 1. The van der Waals surface area contributed by atoms with E-state index in [9.17, 15) is 31.5 Å². The molecule has 0 bridgehead atoms. The maximum atomic E-state index is 12.9. The third kappa shape index (κ3) is 3.65. The highest BCUT2D eigenvalue weighted by molar-refractivity contribution is 7.89. The van der Waals surface area contributed by atoms with Crippen LogP contribution in [0.15, 0.2) is 29.2 Å². The summed E-state index contributed by atoms with van der Waals surface area (Å²) in [5, 5.41) is 9.64. The van der Waals surface area contributed by atoms with Gasteiger partial charge in [0.2, 0.25) is 16.4 Å². The molecule has 1 aliphatic rings. The van der Waals surface area contributed by atoms with Crippen molar-refractivity contribution in [1.29, 1.82) is 0 Å². The van der Waals surface area contributed by atoms with Gasteiger partial charge in [0.15, 0.2) is 5.60 Å². The van der Waals surface area contributed by atoms with Crippen LogP contribution in [0.4, 0.5) is 13.2 Å². The van der Waals surface area contributed by atoms with Crippen molar-refractivity contribution in [2.75, 3.05) is 19.6 Å². The number of hydrogen-bond acceptors (Lipinski definition) is 4. The van der Waals surface area contributed by atoms with E-state index < -0.39 is 33.4 Å². The minimum absolute atomic E-state index is 0.101. The van der Waals surface area contributed by atoms with E-state index in [1.807, 2.05) is 0 Å². The second-order valence-corrected chi connectivity index (χ2v) is 8.05. The summed E-state index contributed by atoms with van der Waals surface area (Å²) in [6.45, 7) is 2.84. The SMILES string of the molecule is C[C@@H]1CN(C=O)CCN1S(=O)(=O)c1ccc(C(C)(O)C(F)(F)F)cc1. The van der Waals surface area contributed by atoms with Crippen molar-refractivity contribution in [3.63, 3.8) is 0 Å². The molecule has 25 heavy (non-hydrogen) atoms. The average Bonchev–Trinajstić information content (AvgIpc) is 2.53. The van der Waals surface area contributed by atoms with Crippen molar-refractivity contribution in [1.82, 2.24) is 9.21 Å². The molecule has 0 saturated carbocycles. The molecule has 6 nitrogen and oxygen atoms in total.